The van der Waals surface area contributed by atoms with Gasteiger partial charge in [0.15, 0.2) is 0 Å². The van der Waals surface area contributed by atoms with E-state index >= 15 is 0 Å². The van der Waals surface area contributed by atoms with Crippen LogP contribution in [0.2, 0.25) is 0 Å². The number of carbonyl (C=O) groups is 1. The molecule has 0 N–H and O–H groups in total. The van der Waals surface area contributed by atoms with E-state index in [1.165, 1.54) is 61.6 Å². The van der Waals surface area contributed by atoms with Crippen molar-refractivity contribution < 1.29 is 4.79 Å². The molecular weight excluding hydrogens is 340 g/mol. The molecule has 0 amide bonds. The first-order valence-corrected chi connectivity index (χ1v) is 11.0. The summed E-state index contributed by atoms with van der Waals surface area (Å²) in [5, 5.41) is 0. The Balaban J connectivity index is 2.27. The molecule has 1 nitrogen and oxygen atoms in total. The third-order valence-corrected chi connectivity index (χ3v) is 5.72. The Morgan fingerprint density at radius 2 is 1.57 bits per heavy atom. The molecule has 2 unspecified atom stereocenters. The highest BCUT2D eigenvalue weighted by Crippen LogP contribution is 2.36. The van der Waals surface area contributed by atoms with E-state index in [0.29, 0.717) is 11.8 Å². The highest BCUT2D eigenvalue weighted by atomic mass is 16.1. The number of carbonyl (C=O) groups excluding carboxylic acids is 1. The van der Waals surface area contributed by atoms with Crippen molar-refractivity contribution in [3.63, 3.8) is 0 Å². The van der Waals surface area contributed by atoms with Crippen LogP contribution in [0.15, 0.2) is 60.7 Å². The smallest absolute Gasteiger partial charge is 0.142 e. The van der Waals surface area contributed by atoms with E-state index in [1.54, 1.807) is 6.08 Å². The van der Waals surface area contributed by atoms with Gasteiger partial charge in [0, 0.05) is 0 Å². The van der Waals surface area contributed by atoms with Gasteiger partial charge < -0.3 is 0 Å². The van der Waals surface area contributed by atoms with Crippen molar-refractivity contribution in [3.8, 4) is 0 Å². The third kappa shape index (κ3) is 7.11. The molecule has 2 atom stereocenters. The topological polar surface area (TPSA) is 17.1 Å². The van der Waals surface area contributed by atoms with E-state index in [-0.39, 0.29) is 0 Å². The standard InChI is InChI=1S/C27H36O/c1-3-5-6-8-19-26(27(14-4-2)24-16-9-7-10-17-24)22-25-18-12-11-15-23(25)20-13-21-28/h7,9-13,15-18,20-21,26-27H,3-6,8,14,19,22H2,1-2H3/b20-13+. The van der Waals surface area contributed by atoms with Gasteiger partial charge >= 0.3 is 0 Å². The number of rotatable bonds is 13. The quantitative estimate of drug-likeness (QED) is 0.200. The lowest BCUT2D eigenvalue weighted by Crippen LogP contribution is -2.17. The van der Waals surface area contributed by atoms with E-state index < -0.39 is 0 Å². The van der Waals surface area contributed by atoms with Gasteiger partial charge in [0.1, 0.15) is 6.29 Å². The van der Waals surface area contributed by atoms with Crippen LogP contribution in [0.4, 0.5) is 0 Å². The Morgan fingerprint density at radius 3 is 2.29 bits per heavy atom. The highest BCUT2D eigenvalue weighted by Gasteiger charge is 2.23. The predicted octanol–water partition coefficient (Wildman–Crippen LogP) is 7.61. The summed E-state index contributed by atoms with van der Waals surface area (Å²) < 4.78 is 0. The van der Waals surface area contributed by atoms with Crippen molar-refractivity contribution in [3.05, 3.63) is 77.4 Å². The second-order valence-electron chi connectivity index (χ2n) is 7.81. The van der Waals surface area contributed by atoms with Gasteiger partial charge in [-0.05, 0) is 53.9 Å². The highest BCUT2D eigenvalue weighted by molar-refractivity contribution is 5.74. The lowest BCUT2D eigenvalue weighted by Gasteiger charge is -2.28. The SMILES string of the molecule is CCCCCCC(Cc1ccccc1/C=C/C=O)C(CCC)c1ccccc1. The van der Waals surface area contributed by atoms with Crippen molar-refractivity contribution in [1.82, 2.24) is 0 Å². The van der Waals surface area contributed by atoms with Gasteiger partial charge in [-0.3, -0.25) is 4.79 Å². The fourth-order valence-corrected chi connectivity index (χ4v) is 4.27. The molecule has 1 heteroatoms. The van der Waals surface area contributed by atoms with Crippen LogP contribution in [-0.2, 0) is 11.2 Å². The average molecular weight is 377 g/mol. The predicted molar refractivity (Wildman–Crippen MR) is 122 cm³/mol. The molecule has 2 aromatic carbocycles. The second kappa shape index (κ2) is 13.1. The molecular formula is C27H36O. The van der Waals surface area contributed by atoms with Crippen LogP contribution < -0.4 is 0 Å². The Hall–Kier alpha value is -2.15. The van der Waals surface area contributed by atoms with Gasteiger partial charge in [0.2, 0.25) is 0 Å². The molecule has 2 aromatic rings. The van der Waals surface area contributed by atoms with Crippen LogP contribution in [-0.4, -0.2) is 6.29 Å². The third-order valence-electron chi connectivity index (χ3n) is 5.72. The van der Waals surface area contributed by atoms with Gasteiger partial charge in [-0.2, -0.15) is 0 Å². The first-order chi connectivity index (χ1) is 13.8. The minimum Gasteiger partial charge on any atom is -0.299 e. The van der Waals surface area contributed by atoms with Crippen LogP contribution in [0.1, 0.15) is 81.4 Å². The lowest BCUT2D eigenvalue weighted by atomic mass is 9.76. The maximum atomic E-state index is 10.8. The fourth-order valence-electron chi connectivity index (χ4n) is 4.27. The van der Waals surface area contributed by atoms with Crippen LogP contribution in [0.3, 0.4) is 0 Å². The van der Waals surface area contributed by atoms with Crippen LogP contribution in [0.25, 0.3) is 6.08 Å². The van der Waals surface area contributed by atoms with Crippen molar-refractivity contribution >= 4 is 12.4 Å². The van der Waals surface area contributed by atoms with Crippen molar-refractivity contribution in [2.24, 2.45) is 5.92 Å². The summed E-state index contributed by atoms with van der Waals surface area (Å²) in [6.07, 6.45) is 14.4. The molecule has 150 valence electrons. The number of benzene rings is 2. The van der Waals surface area contributed by atoms with Gasteiger partial charge in [-0.25, -0.2) is 0 Å². The van der Waals surface area contributed by atoms with E-state index in [2.05, 4.69) is 68.4 Å². The molecule has 0 spiro atoms. The van der Waals surface area contributed by atoms with Gasteiger partial charge in [0.25, 0.3) is 0 Å². The molecule has 0 aliphatic carbocycles. The maximum Gasteiger partial charge on any atom is 0.142 e. The zero-order valence-electron chi connectivity index (χ0n) is 17.6. The summed E-state index contributed by atoms with van der Waals surface area (Å²) in [5.74, 6) is 1.22. The second-order valence-corrected chi connectivity index (χ2v) is 7.81. The summed E-state index contributed by atoms with van der Waals surface area (Å²) in [6, 6.07) is 19.6. The molecule has 0 saturated heterocycles. The molecule has 0 aromatic heterocycles. The lowest BCUT2D eigenvalue weighted by molar-refractivity contribution is -0.104. The first-order valence-electron chi connectivity index (χ1n) is 11.0. The Labute approximate surface area is 171 Å². The number of aldehydes is 1. The summed E-state index contributed by atoms with van der Waals surface area (Å²) in [5.41, 5.74) is 4.01. The number of hydrogen-bond acceptors (Lipinski definition) is 1. The first kappa shape index (κ1) is 22.1. The minimum absolute atomic E-state index is 0.593. The van der Waals surface area contributed by atoms with Crippen LogP contribution >= 0.6 is 0 Å². The normalized spacial score (nSPS) is 13.5. The molecule has 0 fully saturated rings. The average Bonchev–Trinajstić information content (AvgIpc) is 2.74. The number of unbranched alkanes of at least 4 members (excludes halogenated alkanes) is 3. The molecule has 0 saturated carbocycles. The van der Waals surface area contributed by atoms with E-state index in [1.807, 2.05) is 6.08 Å². The molecule has 0 heterocycles. The van der Waals surface area contributed by atoms with Gasteiger partial charge in [-0.15, -0.1) is 0 Å². The number of hydrogen-bond donors (Lipinski definition) is 0. The fraction of sp³-hybridized carbons (Fsp3) is 0.444. The van der Waals surface area contributed by atoms with Crippen molar-refractivity contribution in [2.75, 3.05) is 0 Å². The summed E-state index contributed by atoms with van der Waals surface area (Å²) in [6.45, 7) is 4.57. The van der Waals surface area contributed by atoms with E-state index in [0.717, 1.165) is 12.7 Å². The molecule has 0 radical (unpaired) electrons. The van der Waals surface area contributed by atoms with E-state index in [9.17, 15) is 4.79 Å². The van der Waals surface area contributed by atoms with Crippen LogP contribution in [0.5, 0.6) is 0 Å². The Bertz CT molecular complexity index is 701. The summed E-state index contributed by atoms with van der Waals surface area (Å²) >= 11 is 0. The van der Waals surface area contributed by atoms with E-state index in [4.69, 9.17) is 0 Å². The van der Waals surface area contributed by atoms with Gasteiger partial charge in [0.05, 0.1) is 0 Å². The molecule has 2 rings (SSSR count). The number of allylic oxidation sites excluding steroid dienone is 1. The minimum atomic E-state index is 0.593. The largest absolute Gasteiger partial charge is 0.299 e. The Kier molecular flexibility index (Phi) is 10.4. The molecule has 0 aliphatic heterocycles. The molecule has 0 aliphatic rings. The zero-order valence-corrected chi connectivity index (χ0v) is 17.6. The van der Waals surface area contributed by atoms with Gasteiger partial charge in [-0.1, -0.05) is 107 Å². The maximum absolute atomic E-state index is 10.8. The molecule has 28 heavy (non-hydrogen) atoms. The van der Waals surface area contributed by atoms with Crippen LogP contribution in [0, 0.1) is 5.92 Å². The van der Waals surface area contributed by atoms with Crippen molar-refractivity contribution in [1.29, 1.82) is 0 Å². The zero-order chi connectivity index (χ0) is 20.0. The summed E-state index contributed by atoms with van der Waals surface area (Å²) in [7, 11) is 0. The monoisotopic (exact) mass is 376 g/mol. The summed E-state index contributed by atoms with van der Waals surface area (Å²) in [4.78, 5) is 10.8. The molecule has 0 bridgehead atoms. The van der Waals surface area contributed by atoms with Crippen molar-refractivity contribution in [2.45, 2.75) is 71.1 Å². The Morgan fingerprint density at radius 1 is 0.821 bits per heavy atom.